The van der Waals surface area contributed by atoms with Crippen molar-refractivity contribution in [2.24, 2.45) is 0 Å². The smallest absolute Gasteiger partial charge is 0.292 e. The highest BCUT2D eigenvalue weighted by Gasteiger charge is 2.17. The zero-order valence-electron chi connectivity index (χ0n) is 11.4. The maximum Gasteiger partial charge on any atom is 0.292 e. The lowest BCUT2D eigenvalue weighted by atomic mass is 10.1. The van der Waals surface area contributed by atoms with Gasteiger partial charge in [0.05, 0.1) is 4.92 Å². The summed E-state index contributed by atoms with van der Waals surface area (Å²) in [7, 11) is 1.86. The predicted octanol–water partition coefficient (Wildman–Crippen LogP) is 4.89. The van der Waals surface area contributed by atoms with Gasteiger partial charge in [-0.15, -0.1) is 0 Å². The Hall–Kier alpha value is -1.40. The summed E-state index contributed by atoms with van der Waals surface area (Å²) in [6.07, 6.45) is 0. The van der Waals surface area contributed by atoms with Crippen LogP contribution in [-0.4, -0.2) is 12.0 Å². The molecule has 0 heterocycles. The van der Waals surface area contributed by atoms with Gasteiger partial charge in [-0.25, -0.2) is 0 Å². The fraction of sp³-hybridized carbons (Fsp3) is 0.200. The molecule has 0 unspecified atom stereocenters. The van der Waals surface area contributed by atoms with Crippen LogP contribution in [0.25, 0.3) is 0 Å². The van der Waals surface area contributed by atoms with E-state index in [4.69, 9.17) is 0 Å². The summed E-state index contributed by atoms with van der Waals surface area (Å²) in [4.78, 5) is 12.8. The molecule has 110 valence electrons. The van der Waals surface area contributed by atoms with Crippen molar-refractivity contribution in [2.75, 3.05) is 11.9 Å². The Morgan fingerprint density at radius 2 is 1.95 bits per heavy atom. The zero-order valence-corrected chi connectivity index (χ0v) is 14.6. The van der Waals surface area contributed by atoms with Crippen LogP contribution in [0.5, 0.6) is 0 Å². The number of nitro benzene ring substituents is 1. The highest BCUT2D eigenvalue weighted by atomic mass is 79.9. The molecule has 0 saturated heterocycles. The molecule has 4 nitrogen and oxygen atoms in total. The van der Waals surface area contributed by atoms with Crippen LogP contribution in [0.15, 0.2) is 46.9 Å². The van der Waals surface area contributed by atoms with E-state index in [1.165, 1.54) is 0 Å². The first kappa shape index (κ1) is 16.0. The van der Waals surface area contributed by atoms with E-state index in [1.54, 1.807) is 12.1 Å². The van der Waals surface area contributed by atoms with Gasteiger partial charge in [0.15, 0.2) is 0 Å². The average Bonchev–Trinajstić information content (AvgIpc) is 2.46. The van der Waals surface area contributed by atoms with Crippen molar-refractivity contribution in [3.63, 3.8) is 0 Å². The summed E-state index contributed by atoms with van der Waals surface area (Å²) in [6, 6.07) is 13.2. The molecule has 0 aliphatic carbocycles. The third kappa shape index (κ3) is 4.04. The molecule has 2 rings (SSSR count). The number of rotatable bonds is 5. The van der Waals surface area contributed by atoms with Gasteiger partial charge in [0.2, 0.25) is 0 Å². The molecule has 0 radical (unpaired) electrons. The predicted molar refractivity (Wildman–Crippen MR) is 92.0 cm³/mol. The number of benzene rings is 2. The average molecular weight is 414 g/mol. The SMILES string of the molecule is CN(Cc1cccc(Br)c1)c1ccc(CBr)cc1[N+](=O)[O-]. The van der Waals surface area contributed by atoms with Crippen molar-refractivity contribution in [3.05, 3.63) is 68.2 Å². The number of anilines is 1. The van der Waals surface area contributed by atoms with Crippen LogP contribution in [-0.2, 0) is 11.9 Å². The lowest BCUT2D eigenvalue weighted by Crippen LogP contribution is -2.17. The van der Waals surface area contributed by atoms with E-state index in [0.717, 1.165) is 15.6 Å². The maximum atomic E-state index is 11.3. The molecule has 0 N–H and O–H groups in total. The van der Waals surface area contributed by atoms with Crippen LogP contribution < -0.4 is 4.90 Å². The highest BCUT2D eigenvalue weighted by molar-refractivity contribution is 9.10. The fourth-order valence-electron chi connectivity index (χ4n) is 2.12. The number of alkyl halides is 1. The van der Waals surface area contributed by atoms with Crippen molar-refractivity contribution in [1.82, 2.24) is 0 Å². The lowest BCUT2D eigenvalue weighted by molar-refractivity contribution is -0.384. The first-order valence-corrected chi connectivity index (χ1v) is 8.21. The van der Waals surface area contributed by atoms with Crippen LogP contribution in [0.2, 0.25) is 0 Å². The molecule has 0 bridgehead atoms. The normalized spacial score (nSPS) is 10.4. The molecule has 0 amide bonds. The monoisotopic (exact) mass is 412 g/mol. The van der Waals surface area contributed by atoms with E-state index < -0.39 is 0 Å². The zero-order chi connectivity index (χ0) is 15.4. The van der Waals surface area contributed by atoms with Crippen LogP contribution >= 0.6 is 31.9 Å². The molecule has 21 heavy (non-hydrogen) atoms. The summed E-state index contributed by atoms with van der Waals surface area (Å²) in [5.41, 5.74) is 2.72. The third-order valence-electron chi connectivity index (χ3n) is 3.11. The summed E-state index contributed by atoms with van der Waals surface area (Å²) < 4.78 is 0.998. The van der Waals surface area contributed by atoms with Crippen molar-refractivity contribution < 1.29 is 4.92 Å². The van der Waals surface area contributed by atoms with Gasteiger partial charge in [0.1, 0.15) is 5.69 Å². The van der Waals surface area contributed by atoms with Crippen molar-refractivity contribution in [2.45, 2.75) is 11.9 Å². The maximum absolute atomic E-state index is 11.3. The molecular formula is C15H14Br2N2O2. The largest absolute Gasteiger partial charge is 0.365 e. The fourth-order valence-corrected chi connectivity index (χ4v) is 2.91. The van der Waals surface area contributed by atoms with E-state index in [2.05, 4.69) is 31.9 Å². The molecule has 0 atom stereocenters. The van der Waals surface area contributed by atoms with Crippen LogP contribution in [0.3, 0.4) is 0 Å². The number of nitrogens with zero attached hydrogens (tertiary/aromatic N) is 2. The second-order valence-electron chi connectivity index (χ2n) is 4.70. The van der Waals surface area contributed by atoms with Crippen molar-refractivity contribution in [3.8, 4) is 0 Å². The number of halogens is 2. The summed E-state index contributed by atoms with van der Waals surface area (Å²) >= 11 is 6.76. The molecule has 0 fully saturated rings. The first-order valence-electron chi connectivity index (χ1n) is 6.30. The summed E-state index contributed by atoms with van der Waals surface area (Å²) in [6.45, 7) is 0.605. The molecular weight excluding hydrogens is 400 g/mol. The van der Waals surface area contributed by atoms with Gasteiger partial charge in [0, 0.05) is 29.5 Å². The van der Waals surface area contributed by atoms with Gasteiger partial charge >= 0.3 is 0 Å². The van der Waals surface area contributed by atoms with Gasteiger partial charge in [-0.3, -0.25) is 10.1 Å². The molecule has 0 saturated carbocycles. The Balaban J connectivity index is 2.30. The Morgan fingerprint density at radius 3 is 2.57 bits per heavy atom. The standard InChI is InChI=1S/C15H14Br2N2O2/c1-18(10-12-3-2-4-13(17)7-12)14-6-5-11(9-16)8-15(14)19(20)21/h2-8H,9-10H2,1H3. The molecule has 0 aliphatic heterocycles. The van der Waals surface area contributed by atoms with Gasteiger partial charge in [-0.2, -0.15) is 0 Å². The number of hydrogen-bond acceptors (Lipinski definition) is 3. The molecule has 6 heteroatoms. The van der Waals surface area contributed by atoms with Gasteiger partial charge in [-0.1, -0.05) is 50.1 Å². The van der Waals surface area contributed by atoms with E-state index >= 15 is 0 Å². The molecule has 2 aromatic rings. The number of hydrogen-bond donors (Lipinski definition) is 0. The Morgan fingerprint density at radius 1 is 1.19 bits per heavy atom. The van der Waals surface area contributed by atoms with Crippen molar-refractivity contribution >= 4 is 43.2 Å². The minimum Gasteiger partial charge on any atom is -0.365 e. The minimum atomic E-state index is -0.334. The molecule has 0 aromatic heterocycles. The second kappa shape index (κ2) is 7.04. The molecule has 2 aromatic carbocycles. The highest BCUT2D eigenvalue weighted by Crippen LogP contribution is 2.30. The Kier molecular flexibility index (Phi) is 5.36. The summed E-state index contributed by atoms with van der Waals surface area (Å²) in [5, 5.41) is 11.9. The van der Waals surface area contributed by atoms with Gasteiger partial charge in [0.25, 0.3) is 5.69 Å². The van der Waals surface area contributed by atoms with Crippen LogP contribution in [0.4, 0.5) is 11.4 Å². The molecule has 0 spiro atoms. The number of nitro groups is 1. The van der Waals surface area contributed by atoms with E-state index in [0.29, 0.717) is 17.6 Å². The van der Waals surface area contributed by atoms with Crippen LogP contribution in [0.1, 0.15) is 11.1 Å². The van der Waals surface area contributed by atoms with Gasteiger partial charge < -0.3 is 4.90 Å². The van der Waals surface area contributed by atoms with E-state index in [9.17, 15) is 10.1 Å². The lowest BCUT2D eigenvalue weighted by Gasteiger charge is -2.19. The topological polar surface area (TPSA) is 46.4 Å². The van der Waals surface area contributed by atoms with Crippen molar-refractivity contribution in [1.29, 1.82) is 0 Å². The quantitative estimate of drug-likeness (QED) is 0.398. The van der Waals surface area contributed by atoms with Gasteiger partial charge in [-0.05, 0) is 29.3 Å². The Bertz CT molecular complexity index is 662. The van der Waals surface area contributed by atoms with E-state index in [-0.39, 0.29) is 10.6 Å². The second-order valence-corrected chi connectivity index (χ2v) is 6.18. The van der Waals surface area contributed by atoms with E-state index in [1.807, 2.05) is 42.3 Å². The molecule has 0 aliphatic rings. The summed E-state index contributed by atoms with van der Waals surface area (Å²) in [5.74, 6) is 0. The third-order valence-corrected chi connectivity index (χ3v) is 4.25. The van der Waals surface area contributed by atoms with Crippen LogP contribution in [0, 0.1) is 10.1 Å². The first-order chi connectivity index (χ1) is 10.0. The Labute approximate surface area is 140 Å². The minimum absolute atomic E-state index is 0.129.